The van der Waals surface area contributed by atoms with Crippen LogP contribution in [0.5, 0.6) is 5.75 Å². The van der Waals surface area contributed by atoms with Gasteiger partial charge >= 0.3 is 0 Å². The summed E-state index contributed by atoms with van der Waals surface area (Å²) in [6.07, 6.45) is 3.79. The summed E-state index contributed by atoms with van der Waals surface area (Å²) in [6.45, 7) is 5.98. The van der Waals surface area contributed by atoms with Crippen LogP contribution in [-0.4, -0.2) is 17.0 Å². The van der Waals surface area contributed by atoms with Crippen LogP contribution < -0.4 is 10.1 Å². The Labute approximate surface area is 176 Å². The van der Waals surface area contributed by atoms with E-state index in [1.807, 2.05) is 81.6 Å². The zero-order chi connectivity index (χ0) is 20.6. The molecule has 1 N–H and O–H groups in total. The second-order valence-corrected chi connectivity index (χ2v) is 8.15. The van der Waals surface area contributed by atoms with E-state index in [0.29, 0.717) is 5.56 Å². The van der Waals surface area contributed by atoms with Crippen molar-refractivity contribution in [2.24, 2.45) is 0 Å². The Morgan fingerprint density at radius 1 is 1.03 bits per heavy atom. The van der Waals surface area contributed by atoms with Crippen LogP contribution in [0, 0.1) is 0 Å². The smallest absolute Gasteiger partial charge is 0.251 e. The predicted octanol–water partition coefficient (Wildman–Crippen LogP) is 5.65. The maximum Gasteiger partial charge on any atom is 0.251 e. The first-order chi connectivity index (χ1) is 14.0. The Morgan fingerprint density at radius 3 is 2.38 bits per heavy atom. The van der Waals surface area contributed by atoms with E-state index >= 15 is 0 Å². The lowest BCUT2D eigenvalue weighted by Crippen LogP contribution is -2.26. The molecule has 29 heavy (non-hydrogen) atoms. The van der Waals surface area contributed by atoms with E-state index < -0.39 is 0 Å². The van der Waals surface area contributed by atoms with Gasteiger partial charge in [-0.1, -0.05) is 18.2 Å². The summed E-state index contributed by atoms with van der Waals surface area (Å²) in [7, 11) is 0. The molecule has 0 aliphatic carbocycles. The molecular formula is C24H26N2O2S. The van der Waals surface area contributed by atoms with Crippen LogP contribution in [0.4, 0.5) is 0 Å². The Kier molecular flexibility index (Phi) is 7.30. The van der Waals surface area contributed by atoms with Crippen molar-refractivity contribution < 1.29 is 9.53 Å². The van der Waals surface area contributed by atoms with Crippen molar-refractivity contribution in [2.75, 3.05) is 0 Å². The van der Waals surface area contributed by atoms with Gasteiger partial charge in [-0.15, -0.1) is 11.8 Å². The molecule has 3 aromatic rings. The van der Waals surface area contributed by atoms with E-state index in [4.69, 9.17) is 4.74 Å². The second-order valence-electron chi connectivity index (χ2n) is 7.11. The quantitative estimate of drug-likeness (QED) is 0.491. The number of carbonyl (C=O) groups is 1. The van der Waals surface area contributed by atoms with Gasteiger partial charge in [0.1, 0.15) is 5.75 Å². The molecule has 1 atom stereocenters. The highest BCUT2D eigenvalue weighted by atomic mass is 32.2. The number of nitrogens with one attached hydrogen (secondary N) is 1. The van der Waals surface area contributed by atoms with Gasteiger partial charge in [0, 0.05) is 28.6 Å². The average molecular weight is 407 g/mol. The fraction of sp³-hybridized carbons (Fsp3) is 0.250. The van der Waals surface area contributed by atoms with E-state index in [1.165, 1.54) is 5.56 Å². The minimum absolute atomic E-state index is 0.0798. The molecule has 0 aliphatic rings. The molecule has 1 aromatic heterocycles. The molecule has 2 aromatic carbocycles. The van der Waals surface area contributed by atoms with Gasteiger partial charge in [0.15, 0.2) is 0 Å². The molecule has 150 valence electrons. The third-order valence-corrected chi connectivity index (χ3v) is 5.43. The van der Waals surface area contributed by atoms with Crippen LogP contribution in [-0.2, 0) is 5.75 Å². The van der Waals surface area contributed by atoms with E-state index in [0.717, 1.165) is 22.0 Å². The maximum absolute atomic E-state index is 12.6. The number of rotatable bonds is 8. The van der Waals surface area contributed by atoms with Gasteiger partial charge in [0.25, 0.3) is 5.91 Å². The lowest BCUT2D eigenvalue weighted by atomic mass is 10.1. The number of thioether (sulfide) groups is 1. The standard InChI is InChI=1S/C24H26N2O2S/c1-17(2)28-22-10-6-20(7-11-22)18(3)26-24(27)21-8-12-23(13-9-21)29-16-19-5-4-14-25-15-19/h4-15,17-18H,16H2,1-3H3,(H,26,27). The molecule has 1 heterocycles. The number of pyridine rings is 1. The Bertz CT molecular complexity index is 910. The van der Waals surface area contributed by atoms with Crippen LogP contribution in [0.25, 0.3) is 0 Å². The van der Waals surface area contributed by atoms with Crippen molar-refractivity contribution in [1.29, 1.82) is 0 Å². The molecule has 1 amide bonds. The Balaban J connectivity index is 1.54. The average Bonchev–Trinajstić information content (AvgIpc) is 2.73. The molecular weight excluding hydrogens is 380 g/mol. The van der Waals surface area contributed by atoms with Crippen molar-refractivity contribution in [1.82, 2.24) is 10.3 Å². The summed E-state index contributed by atoms with van der Waals surface area (Å²) < 4.78 is 5.67. The summed E-state index contributed by atoms with van der Waals surface area (Å²) in [4.78, 5) is 17.8. The molecule has 0 spiro atoms. The summed E-state index contributed by atoms with van der Waals surface area (Å²) in [6, 6.07) is 19.5. The highest BCUT2D eigenvalue weighted by Crippen LogP contribution is 2.23. The Morgan fingerprint density at radius 2 is 1.76 bits per heavy atom. The molecule has 4 nitrogen and oxygen atoms in total. The van der Waals surface area contributed by atoms with Gasteiger partial charge in [0.05, 0.1) is 12.1 Å². The number of benzene rings is 2. The summed E-state index contributed by atoms with van der Waals surface area (Å²) in [5.74, 6) is 1.61. The van der Waals surface area contributed by atoms with Gasteiger partial charge in [-0.25, -0.2) is 0 Å². The zero-order valence-electron chi connectivity index (χ0n) is 17.0. The van der Waals surface area contributed by atoms with Gasteiger partial charge in [-0.05, 0) is 74.4 Å². The lowest BCUT2D eigenvalue weighted by molar-refractivity contribution is 0.0940. The first-order valence-corrected chi connectivity index (χ1v) is 10.7. The normalized spacial score (nSPS) is 11.9. The van der Waals surface area contributed by atoms with Gasteiger partial charge in [0.2, 0.25) is 0 Å². The van der Waals surface area contributed by atoms with Crippen LogP contribution in [0.15, 0.2) is 78.0 Å². The summed E-state index contributed by atoms with van der Waals surface area (Å²) in [5, 5.41) is 3.06. The number of ether oxygens (including phenoxy) is 1. The molecule has 0 saturated carbocycles. The molecule has 3 rings (SSSR count). The van der Waals surface area contributed by atoms with Crippen LogP contribution in [0.2, 0.25) is 0 Å². The van der Waals surface area contributed by atoms with Gasteiger partial charge in [-0.3, -0.25) is 9.78 Å². The predicted molar refractivity (Wildman–Crippen MR) is 118 cm³/mol. The molecule has 0 bridgehead atoms. The second kappa shape index (κ2) is 10.1. The molecule has 0 saturated heterocycles. The number of nitrogens with zero attached hydrogens (tertiary/aromatic N) is 1. The molecule has 0 radical (unpaired) electrons. The highest BCUT2D eigenvalue weighted by Gasteiger charge is 2.12. The third kappa shape index (κ3) is 6.36. The van der Waals surface area contributed by atoms with Crippen LogP contribution >= 0.6 is 11.8 Å². The molecule has 1 unspecified atom stereocenters. The number of amides is 1. The largest absolute Gasteiger partial charge is 0.491 e. The lowest BCUT2D eigenvalue weighted by Gasteiger charge is -2.16. The maximum atomic E-state index is 12.6. The molecule has 5 heteroatoms. The van der Waals surface area contributed by atoms with Crippen molar-refractivity contribution >= 4 is 17.7 Å². The topological polar surface area (TPSA) is 51.2 Å². The highest BCUT2D eigenvalue weighted by molar-refractivity contribution is 7.98. The number of hydrogen-bond acceptors (Lipinski definition) is 4. The molecule has 0 aliphatic heterocycles. The minimum Gasteiger partial charge on any atom is -0.491 e. The monoisotopic (exact) mass is 406 g/mol. The van der Waals surface area contributed by atoms with Gasteiger partial charge in [-0.2, -0.15) is 0 Å². The van der Waals surface area contributed by atoms with Crippen molar-refractivity contribution in [3.8, 4) is 5.75 Å². The van der Waals surface area contributed by atoms with E-state index in [2.05, 4.69) is 16.4 Å². The third-order valence-electron chi connectivity index (χ3n) is 4.34. The van der Waals surface area contributed by atoms with Gasteiger partial charge < -0.3 is 10.1 Å². The Hall–Kier alpha value is -2.79. The van der Waals surface area contributed by atoms with Crippen molar-refractivity contribution in [3.63, 3.8) is 0 Å². The summed E-state index contributed by atoms with van der Waals surface area (Å²) >= 11 is 1.73. The fourth-order valence-corrected chi connectivity index (χ4v) is 3.66. The van der Waals surface area contributed by atoms with Crippen molar-refractivity contribution in [3.05, 3.63) is 89.7 Å². The van der Waals surface area contributed by atoms with E-state index in [1.54, 1.807) is 18.0 Å². The number of carbonyl (C=O) groups excluding carboxylic acids is 1. The first kappa shape index (κ1) is 20.9. The van der Waals surface area contributed by atoms with E-state index in [9.17, 15) is 4.79 Å². The first-order valence-electron chi connectivity index (χ1n) is 9.70. The van der Waals surface area contributed by atoms with Crippen LogP contribution in [0.3, 0.4) is 0 Å². The number of aromatic nitrogens is 1. The van der Waals surface area contributed by atoms with Crippen LogP contribution in [0.1, 0.15) is 48.3 Å². The number of hydrogen-bond donors (Lipinski definition) is 1. The SMILES string of the molecule is CC(C)Oc1ccc(C(C)NC(=O)c2ccc(SCc3cccnc3)cc2)cc1. The molecule has 0 fully saturated rings. The summed E-state index contributed by atoms with van der Waals surface area (Å²) in [5.41, 5.74) is 2.87. The minimum atomic E-state index is -0.0877. The fourth-order valence-electron chi connectivity index (χ4n) is 2.82. The van der Waals surface area contributed by atoms with E-state index in [-0.39, 0.29) is 18.1 Å². The zero-order valence-corrected chi connectivity index (χ0v) is 17.8. The van der Waals surface area contributed by atoms with Crippen molar-refractivity contribution in [2.45, 2.75) is 43.6 Å².